The molecule has 1 aromatic carbocycles. The lowest BCUT2D eigenvalue weighted by Crippen LogP contribution is -2.36. The lowest BCUT2D eigenvalue weighted by molar-refractivity contribution is 0.0512. The first-order valence-electron chi connectivity index (χ1n) is 7.75. The van der Waals surface area contributed by atoms with Gasteiger partial charge in [0.15, 0.2) is 6.79 Å². The second-order valence-electron chi connectivity index (χ2n) is 6.54. The largest absolute Gasteiger partial charge is 0.498 e. The predicted octanol–water partition coefficient (Wildman–Crippen LogP) is 1.77. The first kappa shape index (κ1) is 16.3. The van der Waals surface area contributed by atoms with Crippen molar-refractivity contribution in [2.24, 2.45) is 7.05 Å². The summed E-state index contributed by atoms with van der Waals surface area (Å²) in [4.78, 5) is 0. The molecule has 0 amide bonds. The summed E-state index contributed by atoms with van der Waals surface area (Å²) in [7, 11) is 3.04. The summed E-state index contributed by atoms with van der Waals surface area (Å²) in [5, 5.41) is 5.54. The molecule has 0 spiro atoms. The molecule has 1 atom stereocenters. The van der Waals surface area contributed by atoms with Gasteiger partial charge < -0.3 is 18.8 Å². The van der Waals surface area contributed by atoms with Crippen LogP contribution in [0.2, 0.25) is 0 Å². The van der Waals surface area contributed by atoms with E-state index in [9.17, 15) is 0 Å². The average Bonchev–Trinajstić information content (AvgIpc) is 2.97. The Morgan fingerprint density at radius 2 is 2.17 bits per heavy atom. The molecule has 2 heterocycles. The van der Waals surface area contributed by atoms with Crippen molar-refractivity contribution in [3.05, 3.63) is 17.8 Å². The van der Waals surface area contributed by atoms with Gasteiger partial charge in [0.05, 0.1) is 17.2 Å². The summed E-state index contributed by atoms with van der Waals surface area (Å²) in [6, 6.07) is 2.03. The zero-order valence-electron chi connectivity index (χ0n) is 14.5. The summed E-state index contributed by atoms with van der Waals surface area (Å²) in [6.45, 7) is 8.24. The smallest absolute Gasteiger partial charge is 0.468 e. The third kappa shape index (κ3) is 2.84. The number of hydrogen-bond donors (Lipinski definition) is 0. The van der Waals surface area contributed by atoms with Crippen molar-refractivity contribution in [2.45, 2.75) is 39.4 Å². The van der Waals surface area contributed by atoms with Crippen LogP contribution < -0.4 is 10.2 Å². The Hall–Kier alpha value is -1.57. The molecule has 1 aliphatic rings. The first-order chi connectivity index (χ1) is 10.8. The molecule has 2 aromatic rings. The van der Waals surface area contributed by atoms with Gasteiger partial charge in [0.1, 0.15) is 5.75 Å². The number of benzene rings is 1. The van der Waals surface area contributed by atoms with E-state index in [2.05, 4.69) is 5.10 Å². The van der Waals surface area contributed by atoms with Gasteiger partial charge >= 0.3 is 7.12 Å². The van der Waals surface area contributed by atoms with Crippen LogP contribution in [0.1, 0.15) is 26.3 Å². The predicted molar refractivity (Wildman–Crippen MR) is 89.1 cm³/mol. The summed E-state index contributed by atoms with van der Waals surface area (Å²) < 4.78 is 24.8. The van der Waals surface area contributed by atoms with Crippen LogP contribution in [0.25, 0.3) is 10.9 Å². The maximum absolute atomic E-state index is 6.11. The molecule has 0 bridgehead atoms. The van der Waals surface area contributed by atoms with Crippen LogP contribution in [0.5, 0.6) is 5.75 Å². The van der Waals surface area contributed by atoms with Gasteiger partial charge in [0.2, 0.25) is 0 Å². The molecule has 3 rings (SSSR count). The van der Waals surface area contributed by atoms with E-state index in [1.54, 1.807) is 11.8 Å². The van der Waals surface area contributed by atoms with Crippen molar-refractivity contribution in [3.8, 4) is 5.75 Å². The minimum absolute atomic E-state index is 0.00678. The Morgan fingerprint density at radius 1 is 1.43 bits per heavy atom. The Morgan fingerprint density at radius 3 is 2.78 bits per heavy atom. The van der Waals surface area contributed by atoms with Crippen LogP contribution in [0.15, 0.2) is 12.3 Å². The van der Waals surface area contributed by atoms with Gasteiger partial charge in [-0.15, -0.1) is 0 Å². The molecule has 1 saturated heterocycles. The highest BCUT2D eigenvalue weighted by molar-refractivity contribution is 6.63. The fourth-order valence-corrected chi connectivity index (χ4v) is 2.83. The van der Waals surface area contributed by atoms with Crippen LogP contribution in [-0.2, 0) is 21.1 Å². The quantitative estimate of drug-likeness (QED) is 0.635. The first-order valence-corrected chi connectivity index (χ1v) is 7.75. The van der Waals surface area contributed by atoms with Gasteiger partial charge in [-0.3, -0.25) is 4.68 Å². The van der Waals surface area contributed by atoms with Gasteiger partial charge in [-0.05, 0) is 33.8 Å². The second-order valence-corrected chi connectivity index (χ2v) is 6.54. The average molecular weight is 318 g/mol. The fraction of sp³-hybridized carbons (Fsp3) is 0.562. The van der Waals surface area contributed by atoms with E-state index in [-0.39, 0.29) is 18.5 Å². The van der Waals surface area contributed by atoms with Gasteiger partial charge in [0, 0.05) is 36.8 Å². The zero-order chi connectivity index (χ0) is 16.8. The van der Waals surface area contributed by atoms with Crippen molar-refractivity contribution in [3.63, 3.8) is 0 Å². The molecule has 1 aliphatic heterocycles. The van der Waals surface area contributed by atoms with E-state index in [1.165, 1.54) is 0 Å². The molecule has 1 unspecified atom stereocenters. The van der Waals surface area contributed by atoms with Crippen LogP contribution in [-0.4, -0.2) is 42.5 Å². The topological polar surface area (TPSA) is 54.7 Å². The molecule has 0 saturated carbocycles. The number of aromatic nitrogens is 2. The normalized spacial score (nSPS) is 20.4. The lowest BCUT2D eigenvalue weighted by Gasteiger charge is -2.21. The molecule has 0 aliphatic carbocycles. The van der Waals surface area contributed by atoms with E-state index in [0.29, 0.717) is 5.75 Å². The van der Waals surface area contributed by atoms with E-state index in [4.69, 9.17) is 18.8 Å². The zero-order valence-corrected chi connectivity index (χ0v) is 14.5. The number of methoxy groups -OCH3 is 1. The minimum atomic E-state index is -0.463. The molecule has 0 radical (unpaired) electrons. The van der Waals surface area contributed by atoms with Crippen molar-refractivity contribution >= 4 is 23.5 Å². The number of fused-ring (bicyclic) bond motifs is 1. The summed E-state index contributed by atoms with van der Waals surface area (Å²) in [5.74, 6) is 0.716. The third-order valence-electron chi connectivity index (χ3n) is 4.42. The van der Waals surface area contributed by atoms with Gasteiger partial charge in [-0.25, -0.2) is 0 Å². The molecule has 7 heteroatoms. The second kappa shape index (κ2) is 5.81. The molecule has 23 heavy (non-hydrogen) atoms. The maximum Gasteiger partial charge on any atom is 0.498 e. The molecule has 6 nitrogen and oxygen atoms in total. The van der Waals surface area contributed by atoms with Crippen LogP contribution in [0.3, 0.4) is 0 Å². The standard InChI is InChI=1S/C16H23BN2O4/c1-10-14-12(8-19(5)18-14)7-13(15(10)21-9-20-6)17-22-11(2)16(3,4)23-17/h7-8,11H,9H2,1-6H3. The summed E-state index contributed by atoms with van der Waals surface area (Å²) in [5.41, 5.74) is 2.39. The van der Waals surface area contributed by atoms with E-state index >= 15 is 0 Å². The van der Waals surface area contributed by atoms with Crippen molar-refractivity contribution < 1.29 is 18.8 Å². The van der Waals surface area contributed by atoms with Gasteiger partial charge in [-0.2, -0.15) is 5.10 Å². The monoisotopic (exact) mass is 318 g/mol. The van der Waals surface area contributed by atoms with Crippen LogP contribution in [0, 0.1) is 6.92 Å². The molecule has 0 N–H and O–H groups in total. The van der Waals surface area contributed by atoms with Gasteiger partial charge in [0.25, 0.3) is 0 Å². The molecular weight excluding hydrogens is 295 g/mol. The minimum Gasteiger partial charge on any atom is -0.468 e. The number of nitrogens with zero attached hydrogens (tertiary/aromatic N) is 2. The molecule has 124 valence electrons. The van der Waals surface area contributed by atoms with Crippen molar-refractivity contribution in [1.29, 1.82) is 0 Å². The highest BCUT2D eigenvalue weighted by Gasteiger charge is 2.45. The maximum atomic E-state index is 6.11. The lowest BCUT2D eigenvalue weighted by atomic mass is 9.77. The fourth-order valence-electron chi connectivity index (χ4n) is 2.83. The third-order valence-corrected chi connectivity index (χ3v) is 4.42. The Labute approximate surface area is 136 Å². The van der Waals surface area contributed by atoms with Crippen LogP contribution >= 0.6 is 0 Å². The highest BCUT2D eigenvalue weighted by atomic mass is 16.7. The highest BCUT2D eigenvalue weighted by Crippen LogP contribution is 2.31. The SMILES string of the molecule is COCOc1c(B2OC(C)C(C)(C)O2)cc2cn(C)nc2c1C. The number of ether oxygens (including phenoxy) is 2. The number of hydrogen-bond acceptors (Lipinski definition) is 5. The van der Waals surface area contributed by atoms with E-state index in [0.717, 1.165) is 21.9 Å². The Bertz CT molecular complexity index is 728. The Balaban J connectivity index is 2.10. The van der Waals surface area contributed by atoms with E-state index < -0.39 is 7.12 Å². The molecule has 1 fully saturated rings. The van der Waals surface area contributed by atoms with Crippen LogP contribution in [0.4, 0.5) is 0 Å². The number of rotatable bonds is 4. The summed E-state index contributed by atoms with van der Waals surface area (Å²) in [6.07, 6.45) is 1.97. The summed E-state index contributed by atoms with van der Waals surface area (Å²) >= 11 is 0. The molecule has 1 aromatic heterocycles. The van der Waals surface area contributed by atoms with E-state index in [1.807, 2.05) is 47.0 Å². The number of aryl methyl sites for hydroxylation is 2. The van der Waals surface area contributed by atoms with Crippen molar-refractivity contribution in [1.82, 2.24) is 9.78 Å². The van der Waals surface area contributed by atoms with Crippen molar-refractivity contribution in [2.75, 3.05) is 13.9 Å². The Kier molecular flexibility index (Phi) is 4.12. The van der Waals surface area contributed by atoms with Gasteiger partial charge in [-0.1, -0.05) is 0 Å². The molecular formula is C16H23BN2O4.